The van der Waals surface area contributed by atoms with Crippen LogP contribution in [0.4, 0.5) is 0 Å². The summed E-state index contributed by atoms with van der Waals surface area (Å²) in [5.41, 5.74) is 2.45. The molecule has 2 aromatic rings. The summed E-state index contributed by atoms with van der Waals surface area (Å²) in [6, 6.07) is 6.30. The van der Waals surface area contributed by atoms with Crippen molar-refractivity contribution in [3.05, 3.63) is 46.0 Å². The number of rotatable bonds is 4. The highest BCUT2D eigenvalue weighted by Crippen LogP contribution is 2.27. The van der Waals surface area contributed by atoms with E-state index in [4.69, 9.17) is 0 Å². The maximum absolute atomic E-state index is 4.36. The van der Waals surface area contributed by atoms with E-state index >= 15 is 0 Å². The quantitative estimate of drug-likeness (QED) is 0.944. The van der Waals surface area contributed by atoms with Crippen LogP contribution in [0.15, 0.2) is 29.0 Å². The topological polar surface area (TPSA) is 42.7 Å². The molecule has 1 unspecified atom stereocenters. The third-order valence-corrected chi connectivity index (χ3v) is 3.89. The van der Waals surface area contributed by atoms with Crippen LogP contribution in [0.25, 0.3) is 0 Å². The lowest BCUT2D eigenvalue weighted by atomic mass is 10.0. The zero-order valence-corrected chi connectivity index (χ0v) is 12.4. The van der Waals surface area contributed by atoms with Crippen molar-refractivity contribution < 1.29 is 0 Å². The molecule has 0 aliphatic heterocycles. The average molecular weight is 309 g/mol. The molecule has 1 aromatic carbocycles. The van der Waals surface area contributed by atoms with Crippen molar-refractivity contribution in [2.24, 2.45) is 7.05 Å². The van der Waals surface area contributed by atoms with Crippen molar-refractivity contribution >= 4 is 15.9 Å². The molecule has 0 amide bonds. The minimum Gasteiger partial charge on any atom is -0.304 e. The summed E-state index contributed by atoms with van der Waals surface area (Å²) in [4.78, 5) is 4.36. The molecule has 0 bridgehead atoms. The molecule has 0 aliphatic rings. The fourth-order valence-electron chi connectivity index (χ4n) is 2.05. The van der Waals surface area contributed by atoms with Gasteiger partial charge in [-0.2, -0.15) is 5.10 Å². The third-order valence-electron chi connectivity index (χ3n) is 3.03. The molecule has 5 heteroatoms. The summed E-state index contributed by atoms with van der Waals surface area (Å²) >= 11 is 3.58. The molecule has 2 rings (SSSR count). The second-order valence-electron chi connectivity index (χ2n) is 4.19. The molecular formula is C13H17BrN4. The Hall–Kier alpha value is -1.20. The van der Waals surface area contributed by atoms with Crippen LogP contribution in [0.3, 0.4) is 0 Å². The van der Waals surface area contributed by atoms with Crippen LogP contribution in [-0.2, 0) is 7.05 Å². The lowest BCUT2D eigenvalue weighted by Gasteiger charge is -2.20. The van der Waals surface area contributed by atoms with E-state index in [-0.39, 0.29) is 6.04 Å². The van der Waals surface area contributed by atoms with E-state index in [1.54, 1.807) is 6.33 Å². The van der Waals surface area contributed by atoms with Crippen LogP contribution in [0.2, 0.25) is 0 Å². The molecule has 4 nitrogen and oxygen atoms in total. The monoisotopic (exact) mass is 308 g/mol. The molecule has 18 heavy (non-hydrogen) atoms. The molecule has 96 valence electrons. The molecule has 0 radical (unpaired) electrons. The minimum absolute atomic E-state index is 0.0694. The van der Waals surface area contributed by atoms with Crippen LogP contribution < -0.4 is 5.32 Å². The van der Waals surface area contributed by atoms with Gasteiger partial charge in [0.05, 0.1) is 6.04 Å². The van der Waals surface area contributed by atoms with Crippen molar-refractivity contribution in [3.63, 3.8) is 0 Å². The maximum Gasteiger partial charge on any atom is 0.148 e. The largest absolute Gasteiger partial charge is 0.304 e. The van der Waals surface area contributed by atoms with Crippen LogP contribution in [0.5, 0.6) is 0 Å². The van der Waals surface area contributed by atoms with Crippen molar-refractivity contribution in [2.75, 3.05) is 6.54 Å². The van der Waals surface area contributed by atoms with Crippen LogP contribution >= 0.6 is 15.9 Å². The summed E-state index contributed by atoms with van der Waals surface area (Å²) in [5.74, 6) is 0.929. The molecule has 0 saturated carbocycles. The van der Waals surface area contributed by atoms with Gasteiger partial charge in [-0.1, -0.05) is 35.0 Å². The lowest BCUT2D eigenvalue weighted by molar-refractivity contribution is 0.557. The van der Waals surface area contributed by atoms with Gasteiger partial charge in [-0.25, -0.2) is 4.98 Å². The Morgan fingerprint density at radius 1 is 1.44 bits per heavy atom. The number of benzene rings is 1. The summed E-state index contributed by atoms with van der Waals surface area (Å²) in [6.07, 6.45) is 1.59. The van der Waals surface area contributed by atoms with Gasteiger partial charge in [0, 0.05) is 11.5 Å². The Labute approximate surface area is 116 Å². The molecule has 1 N–H and O–H groups in total. The standard InChI is InChI=1S/C13H17BrN4/c1-4-15-12(13-16-8-17-18(13)3)10-6-5-7-11(14)9(10)2/h5-8,12,15H,4H2,1-3H3. The highest BCUT2D eigenvalue weighted by molar-refractivity contribution is 9.10. The zero-order valence-electron chi connectivity index (χ0n) is 10.8. The van der Waals surface area contributed by atoms with Crippen molar-refractivity contribution in [1.29, 1.82) is 0 Å². The summed E-state index contributed by atoms with van der Waals surface area (Å²) in [6.45, 7) is 5.08. The molecular weight excluding hydrogens is 292 g/mol. The average Bonchev–Trinajstić information content (AvgIpc) is 2.76. The first-order chi connectivity index (χ1) is 8.65. The number of aromatic nitrogens is 3. The molecule has 1 atom stereocenters. The van der Waals surface area contributed by atoms with Gasteiger partial charge < -0.3 is 5.32 Å². The lowest BCUT2D eigenvalue weighted by Crippen LogP contribution is -2.25. The number of aryl methyl sites for hydroxylation is 1. The second kappa shape index (κ2) is 5.63. The molecule has 0 fully saturated rings. The molecule has 1 heterocycles. The molecule has 0 saturated heterocycles. The number of halogens is 1. The predicted octanol–water partition coefficient (Wildman–Crippen LogP) is 2.58. The van der Waals surface area contributed by atoms with Crippen molar-refractivity contribution in [2.45, 2.75) is 19.9 Å². The van der Waals surface area contributed by atoms with Gasteiger partial charge >= 0.3 is 0 Å². The Kier molecular flexibility index (Phi) is 4.14. The van der Waals surface area contributed by atoms with Crippen molar-refractivity contribution in [1.82, 2.24) is 20.1 Å². The molecule has 0 spiro atoms. The van der Waals surface area contributed by atoms with E-state index in [1.165, 1.54) is 11.1 Å². The smallest absolute Gasteiger partial charge is 0.148 e. The number of nitrogens with one attached hydrogen (secondary N) is 1. The minimum atomic E-state index is 0.0694. The van der Waals surface area contributed by atoms with E-state index in [2.05, 4.69) is 57.3 Å². The first kappa shape index (κ1) is 13.2. The Balaban J connectivity index is 2.48. The third kappa shape index (κ3) is 2.47. The number of nitrogens with zero attached hydrogens (tertiary/aromatic N) is 3. The zero-order chi connectivity index (χ0) is 13.1. The van der Waals surface area contributed by atoms with Gasteiger partial charge in [-0.15, -0.1) is 0 Å². The van der Waals surface area contributed by atoms with Crippen LogP contribution in [0.1, 0.15) is 29.9 Å². The van der Waals surface area contributed by atoms with E-state index in [0.29, 0.717) is 0 Å². The van der Waals surface area contributed by atoms with Gasteiger partial charge in [0.25, 0.3) is 0 Å². The summed E-state index contributed by atoms with van der Waals surface area (Å²) in [7, 11) is 1.92. The summed E-state index contributed by atoms with van der Waals surface area (Å²) in [5, 5.41) is 7.62. The van der Waals surface area contributed by atoms with Gasteiger partial charge in [-0.05, 0) is 30.7 Å². The van der Waals surface area contributed by atoms with Gasteiger partial charge in [0.15, 0.2) is 0 Å². The van der Waals surface area contributed by atoms with Gasteiger partial charge in [0.2, 0.25) is 0 Å². The van der Waals surface area contributed by atoms with E-state index < -0.39 is 0 Å². The highest BCUT2D eigenvalue weighted by Gasteiger charge is 2.20. The molecule has 0 aliphatic carbocycles. The normalized spacial score (nSPS) is 12.7. The Morgan fingerprint density at radius 3 is 2.83 bits per heavy atom. The van der Waals surface area contributed by atoms with Crippen LogP contribution in [-0.4, -0.2) is 21.3 Å². The van der Waals surface area contributed by atoms with E-state index in [1.807, 2.05) is 17.8 Å². The fraction of sp³-hybridized carbons (Fsp3) is 0.385. The maximum atomic E-state index is 4.36. The first-order valence-corrected chi connectivity index (χ1v) is 6.76. The van der Waals surface area contributed by atoms with E-state index in [9.17, 15) is 0 Å². The molecule has 1 aromatic heterocycles. The van der Waals surface area contributed by atoms with Crippen molar-refractivity contribution in [3.8, 4) is 0 Å². The van der Waals surface area contributed by atoms with Crippen LogP contribution in [0, 0.1) is 6.92 Å². The fourth-order valence-corrected chi connectivity index (χ4v) is 2.43. The van der Waals surface area contributed by atoms with Gasteiger partial charge in [0.1, 0.15) is 12.2 Å². The van der Waals surface area contributed by atoms with E-state index in [0.717, 1.165) is 16.8 Å². The second-order valence-corrected chi connectivity index (χ2v) is 5.04. The highest BCUT2D eigenvalue weighted by atomic mass is 79.9. The number of hydrogen-bond donors (Lipinski definition) is 1. The summed E-state index contributed by atoms with van der Waals surface area (Å²) < 4.78 is 2.93. The number of hydrogen-bond acceptors (Lipinski definition) is 3. The SMILES string of the molecule is CCNC(c1cccc(Br)c1C)c1ncnn1C. The van der Waals surface area contributed by atoms with Gasteiger partial charge in [-0.3, -0.25) is 4.68 Å². The predicted molar refractivity (Wildman–Crippen MR) is 75.4 cm³/mol. The first-order valence-electron chi connectivity index (χ1n) is 5.97. The Bertz CT molecular complexity index is 536. The Morgan fingerprint density at radius 2 is 2.22 bits per heavy atom.